The molecule has 0 saturated heterocycles. The van der Waals surface area contributed by atoms with Crippen LogP contribution in [-0.2, 0) is 12.8 Å². The van der Waals surface area contributed by atoms with Crippen LogP contribution < -0.4 is 5.73 Å². The average Bonchev–Trinajstić information content (AvgIpc) is 2.73. The lowest BCUT2D eigenvalue weighted by atomic mass is 10.2. The molecule has 0 aliphatic rings. The van der Waals surface area contributed by atoms with Crippen LogP contribution in [0.15, 0.2) is 28.7 Å². The molecule has 0 aliphatic heterocycles. The van der Waals surface area contributed by atoms with Gasteiger partial charge in [0.15, 0.2) is 0 Å². The molecule has 1 heterocycles. The molecule has 4 heteroatoms. The second-order valence-corrected chi connectivity index (χ2v) is 3.76. The van der Waals surface area contributed by atoms with E-state index in [1.807, 2.05) is 6.92 Å². The van der Waals surface area contributed by atoms with Crippen molar-refractivity contribution in [3.8, 4) is 11.5 Å². The largest absolute Gasteiger partial charge is 0.441 e. The van der Waals surface area contributed by atoms with Crippen molar-refractivity contribution in [3.05, 3.63) is 41.5 Å². The molecule has 0 saturated carbocycles. The number of aromatic nitrogens is 1. The molecular formula is C13H15FN2O. The van der Waals surface area contributed by atoms with E-state index in [1.165, 1.54) is 6.07 Å². The van der Waals surface area contributed by atoms with Crippen molar-refractivity contribution in [1.29, 1.82) is 0 Å². The van der Waals surface area contributed by atoms with Gasteiger partial charge >= 0.3 is 0 Å². The smallest absolute Gasteiger partial charge is 0.229 e. The van der Waals surface area contributed by atoms with Crippen molar-refractivity contribution in [3.63, 3.8) is 0 Å². The van der Waals surface area contributed by atoms with Crippen LogP contribution in [0.4, 0.5) is 4.39 Å². The van der Waals surface area contributed by atoms with Gasteiger partial charge in [-0.15, -0.1) is 0 Å². The number of nitrogens with zero attached hydrogens (tertiary/aromatic N) is 1. The van der Waals surface area contributed by atoms with Gasteiger partial charge < -0.3 is 10.2 Å². The number of oxazole rings is 1. The molecule has 90 valence electrons. The summed E-state index contributed by atoms with van der Waals surface area (Å²) in [5, 5.41) is 0. The third kappa shape index (κ3) is 2.36. The molecule has 2 aromatic rings. The van der Waals surface area contributed by atoms with Crippen molar-refractivity contribution < 1.29 is 8.81 Å². The van der Waals surface area contributed by atoms with E-state index < -0.39 is 0 Å². The molecule has 17 heavy (non-hydrogen) atoms. The van der Waals surface area contributed by atoms with Crippen LogP contribution in [0.25, 0.3) is 11.5 Å². The third-order valence-electron chi connectivity index (χ3n) is 2.59. The Kier molecular flexibility index (Phi) is 3.54. The molecule has 0 atom stereocenters. The Labute approximate surface area is 99.5 Å². The highest BCUT2D eigenvalue weighted by atomic mass is 19.1. The van der Waals surface area contributed by atoms with Crippen molar-refractivity contribution in [2.45, 2.75) is 19.8 Å². The highest BCUT2D eigenvalue weighted by Crippen LogP contribution is 2.24. The summed E-state index contributed by atoms with van der Waals surface area (Å²) in [7, 11) is 0. The molecule has 2 rings (SSSR count). The van der Waals surface area contributed by atoms with E-state index in [-0.39, 0.29) is 5.82 Å². The quantitative estimate of drug-likeness (QED) is 0.884. The molecule has 2 N–H and O–H groups in total. The van der Waals surface area contributed by atoms with Gasteiger partial charge in [0.1, 0.15) is 11.6 Å². The fraction of sp³-hybridized carbons (Fsp3) is 0.308. The van der Waals surface area contributed by atoms with Gasteiger partial charge in [-0.05, 0) is 25.1 Å². The van der Waals surface area contributed by atoms with Crippen LogP contribution in [0.3, 0.4) is 0 Å². The topological polar surface area (TPSA) is 52.0 Å². The van der Waals surface area contributed by atoms with E-state index in [4.69, 9.17) is 10.2 Å². The van der Waals surface area contributed by atoms with E-state index in [0.717, 1.165) is 17.9 Å². The standard InChI is InChI=1S/C13H15FN2O/c1-2-11-12(7-8-15)17-13(16-11)9-5-3-4-6-10(9)14/h3-6H,2,7-8,15H2,1H3. The van der Waals surface area contributed by atoms with Gasteiger partial charge in [-0.2, -0.15) is 0 Å². The second kappa shape index (κ2) is 5.10. The van der Waals surface area contributed by atoms with Crippen molar-refractivity contribution in [1.82, 2.24) is 4.98 Å². The van der Waals surface area contributed by atoms with Crippen molar-refractivity contribution in [2.75, 3.05) is 6.54 Å². The zero-order valence-electron chi connectivity index (χ0n) is 9.74. The number of benzene rings is 1. The Balaban J connectivity index is 2.43. The van der Waals surface area contributed by atoms with Gasteiger partial charge in [-0.3, -0.25) is 0 Å². The SMILES string of the molecule is CCc1nc(-c2ccccc2F)oc1CCN. The maximum absolute atomic E-state index is 13.6. The Bertz CT molecular complexity index is 508. The predicted octanol–water partition coefficient (Wildman–Crippen LogP) is 2.54. The Morgan fingerprint density at radius 3 is 2.76 bits per heavy atom. The van der Waals surface area contributed by atoms with Crippen molar-refractivity contribution in [2.24, 2.45) is 5.73 Å². The van der Waals surface area contributed by atoms with E-state index in [2.05, 4.69) is 4.98 Å². The molecule has 0 bridgehead atoms. The number of nitrogens with two attached hydrogens (primary N) is 1. The van der Waals surface area contributed by atoms with Gasteiger partial charge in [-0.25, -0.2) is 9.37 Å². The van der Waals surface area contributed by atoms with Crippen LogP contribution in [0.5, 0.6) is 0 Å². The summed E-state index contributed by atoms with van der Waals surface area (Å²) in [5.41, 5.74) is 6.75. The number of aryl methyl sites for hydroxylation is 1. The number of hydrogen-bond donors (Lipinski definition) is 1. The summed E-state index contributed by atoms with van der Waals surface area (Å²) in [5.74, 6) is 0.771. The summed E-state index contributed by atoms with van der Waals surface area (Å²) in [6.45, 7) is 2.49. The van der Waals surface area contributed by atoms with E-state index in [1.54, 1.807) is 18.2 Å². The first-order chi connectivity index (χ1) is 8.26. The first kappa shape index (κ1) is 11.8. The molecule has 0 aliphatic carbocycles. The van der Waals surface area contributed by atoms with E-state index in [9.17, 15) is 4.39 Å². The molecule has 0 fully saturated rings. The normalized spacial score (nSPS) is 10.8. The maximum atomic E-state index is 13.6. The lowest BCUT2D eigenvalue weighted by Crippen LogP contribution is -2.03. The first-order valence-electron chi connectivity index (χ1n) is 5.69. The van der Waals surface area contributed by atoms with Crippen molar-refractivity contribution >= 4 is 0 Å². The lowest BCUT2D eigenvalue weighted by Gasteiger charge is -1.96. The fourth-order valence-corrected chi connectivity index (χ4v) is 1.74. The fourth-order valence-electron chi connectivity index (χ4n) is 1.74. The second-order valence-electron chi connectivity index (χ2n) is 3.76. The Morgan fingerprint density at radius 2 is 2.12 bits per heavy atom. The Hall–Kier alpha value is -1.68. The highest BCUT2D eigenvalue weighted by Gasteiger charge is 2.15. The molecular weight excluding hydrogens is 219 g/mol. The molecule has 0 amide bonds. The van der Waals surface area contributed by atoms with Gasteiger partial charge in [-0.1, -0.05) is 19.1 Å². The minimum atomic E-state index is -0.323. The maximum Gasteiger partial charge on any atom is 0.229 e. The van der Waals surface area contributed by atoms with Crippen LogP contribution in [0.1, 0.15) is 18.4 Å². The summed E-state index contributed by atoms with van der Waals surface area (Å²) >= 11 is 0. The third-order valence-corrected chi connectivity index (χ3v) is 2.59. The number of rotatable bonds is 4. The molecule has 0 unspecified atom stereocenters. The molecule has 1 aromatic carbocycles. The van der Waals surface area contributed by atoms with Gasteiger partial charge in [0.2, 0.25) is 5.89 Å². The summed E-state index contributed by atoms with van der Waals surface area (Å²) in [4.78, 5) is 4.32. The summed E-state index contributed by atoms with van der Waals surface area (Å²) in [6.07, 6.45) is 1.39. The monoisotopic (exact) mass is 234 g/mol. The lowest BCUT2D eigenvalue weighted by molar-refractivity contribution is 0.510. The van der Waals surface area contributed by atoms with Gasteiger partial charge in [0, 0.05) is 6.42 Å². The minimum Gasteiger partial charge on any atom is -0.441 e. The average molecular weight is 234 g/mol. The number of halogens is 1. The van der Waals surface area contributed by atoms with Gasteiger partial charge in [0.05, 0.1) is 11.3 Å². The van der Waals surface area contributed by atoms with Crippen LogP contribution in [0, 0.1) is 5.82 Å². The summed E-state index contributed by atoms with van der Waals surface area (Å²) in [6, 6.07) is 6.46. The highest BCUT2D eigenvalue weighted by molar-refractivity contribution is 5.54. The van der Waals surface area contributed by atoms with Crippen LogP contribution in [-0.4, -0.2) is 11.5 Å². The first-order valence-corrected chi connectivity index (χ1v) is 5.69. The van der Waals surface area contributed by atoms with E-state index >= 15 is 0 Å². The van der Waals surface area contributed by atoms with Crippen LogP contribution >= 0.6 is 0 Å². The molecule has 0 spiro atoms. The molecule has 3 nitrogen and oxygen atoms in total. The van der Waals surface area contributed by atoms with Gasteiger partial charge in [0.25, 0.3) is 0 Å². The predicted molar refractivity (Wildman–Crippen MR) is 64.0 cm³/mol. The number of hydrogen-bond acceptors (Lipinski definition) is 3. The zero-order chi connectivity index (χ0) is 12.3. The van der Waals surface area contributed by atoms with E-state index in [0.29, 0.717) is 24.4 Å². The zero-order valence-corrected chi connectivity index (χ0v) is 9.74. The van der Waals surface area contributed by atoms with Crippen LogP contribution in [0.2, 0.25) is 0 Å². The minimum absolute atomic E-state index is 0.323. The Morgan fingerprint density at radius 1 is 1.35 bits per heavy atom. The summed E-state index contributed by atoms with van der Waals surface area (Å²) < 4.78 is 19.2. The molecule has 0 radical (unpaired) electrons. The molecule has 1 aromatic heterocycles.